The highest BCUT2D eigenvalue weighted by Crippen LogP contribution is 2.42. The normalized spacial score (nSPS) is 23.9. The van der Waals surface area contributed by atoms with Gasteiger partial charge < -0.3 is 10.6 Å². The zero-order valence-electron chi connectivity index (χ0n) is 13.0. The minimum Gasteiger partial charge on any atom is -0.323 e. The molecule has 1 atom stereocenters. The van der Waals surface area contributed by atoms with Gasteiger partial charge in [0.15, 0.2) is 0 Å². The summed E-state index contributed by atoms with van der Waals surface area (Å²) in [4.78, 5) is 37.7. The third kappa shape index (κ3) is 2.97. The number of nitrogens with zero attached hydrogens (tertiary/aromatic N) is 1. The van der Waals surface area contributed by atoms with Gasteiger partial charge in [-0.15, -0.1) is 0 Å². The summed E-state index contributed by atoms with van der Waals surface area (Å²) >= 11 is 3.38. The highest BCUT2D eigenvalue weighted by atomic mass is 79.9. The van der Waals surface area contributed by atoms with E-state index in [1.807, 2.05) is 19.1 Å². The van der Waals surface area contributed by atoms with Gasteiger partial charge in [0.05, 0.1) is 5.69 Å². The number of benzene rings is 1. The van der Waals surface area contributed by atoms with Crippen LogP contribution in [0, 0.1) is 12.8 Å². The first-order chi connectivity index (χ1) is 10.8. The van der Waals surface area contributed by atoms with Crippen LogP contribution in [-0.2, 0) is 9.59 Å². The van der Waals surface area contributed by atoms with Gasteiger partial charge in [-0.2, -0.15) is 0 Å². The molecule has 1 unspecified atom stereocenters. The van der Waals surface area contributed by atoms with Crippen LogP contribution in [0.5, 0.6) is 0 Å². The van der Waals surface area contributed by atoms with Crippen molar-refractivity contribution < 1.29 is 14.4 Å². The molecule has 1 saturated heterocycles. The first-order valence-corrected chi connectivity index (χ1v) is 8.30. The van der Waals surface area contributed by atoms with E-state index in [1.165, 1.54) is 0 Å². The van der Waals surface area contributed by atoms with Crippen molar-refractivity contribution in [1.82, 2.24) is 10.2 Å². The molecular formula is C16H18BrN3O3. The summed E-state index contributed by atoms with van der Waals surface area (Å²) < 4.78 is 0.755. The summed E-state index contributed by atoms with van der Waals surface area (Å²) in [5.41, 5.74) is 0.809. The lowest BCUT2D eigenvalue weighted by molar-refractivity contribution is -0.134. The summed E-state index contributed by atoms with van der Waals surface area (Å²) in [5, 5.41) is 5.45. The summed E-state index contributed by atoms with van der Waals surface area (Å²) in [6.45, 7) is 3.40. The number of rotatable bonds is 4. The largest absolute Gasteiger partial charge is 0.325 e. The van der Waals surface area contributed by atoms with E-state index < -0.39 is 17.5 Å². The molecule has 2 N–H and O–H groups in total. The molecule has 0 bridgehead atoms. The Bertz CT molecular complexity index is 702. The van der Waals surface area contributed by atoms with Gasteiger partial charge in [0, 0.05) is 4.47 Å². The highest BCUT2D eigenvalue weighted by Gasteiger charge is 2.56. The van der Waals surface area contributed by atoms with Crippen LogP contribution in [0.1, 0.15) is 25.3 Å². The topological polar surface area (TPSA) is 78.5 Å². The van der Waals surface area contributed by atoms with Crippen LogP contribution < -0.4 is 10.6 Å². The van der Waals surface area contributed by atoms with E-state index in [4.69, 9.17) is 0 Å². The lowest BCUT2D eigenvalue weighted by atomic mass is 9.96. The first-order valence-electron chi connectivity index (χ1n) is 7.51. The average Bonchev–Trinajstić information content (AvgIpc) is 3.28. The van der Waals surface area contributed by atoms with E-state index in [9.17, 15) is 14.4 Å². The molecule has 1 saturated carbocycles. The number of aryl methyl sites for hydroxylation is 1. The van der Waals surface area contributed by atoms with Crippen molar-refractivity contribution in [2.75, 3.05) is 11.9 Å². The second-order valence-electron chi connectivity index (χ2n) is 6.33. The van der Waals surface area contributed by atoms with Gasteiger partial charge >= 0.3 is 6.03 Å². The number of carbonyl (C=O) groups is 3. The van der Waals surface area contributed by atoms with E-state index in [0.29, 0.717) is 5.69 Å². The summed E-state index contributed by atoms with van der Waals surface area (Å²) in [5.74, 6) is -0.542. The number of nitrogens with one attached hydrogen (secondary N) is 2. The van der Waals surface area contributed by atoms with Crippen molar-refractivity contribution >= 4 is 39.5 Å². The van der Waals surface area contributed by atoms with Gasteiger partial charge in [-0.1, -0.05) is 6.07 Å². The molecule has 0 radical (unpaired) electrons. The van der Waals surface area contributed by atoms with E-state index in [-0.39, 0.29) is 18.4 Å². The Morgan fingerprint density at radius 1 is 1.43 bits per heavy atom. The molecule has 1 aromatic carbocycles. The van der Waals surface area contributed by atoms with Crippen LogP contribution in [0.2, 0.25) is 0 Å². The number of hydrogen-bond donors (Lipinski definition) is 2. The average molecular weight is 380 g/mol. The van der Waals surface area contributed by atoms with Gasteiger partial charge in [0.1, 0.15) is 12.1 Å². The van der Waals surface area contributed by atoms with Crippen LogP contribution in [0.3, 0.4) is 0 Å². The van der Waals surface area contributed by atoms with Crippen LogP contribution in [0.25, 0.3) is 0 Å². The summed E-state index contributed by atoms with van der Waals surface area (Å²) in [7, 11) is 0. The third-order valence-corrected chi connectivity index (χ3v) is 5.05. The van der Waals surface area contributed by atoms with Crippen molar-refractivity contribution in [3.8, 4) is 0 Å². The SMILES string of the molecule is Cc1ccc(NC(=O)CN2C(=O)NC(C)(C3CC3)C2=O)c(Br)c1. The maximum absolute atomic E-state index is 12.5. The quantitative estimate of drug-likeness (QED) is 0.788. The van der Waals surface area contributed by atoms with Crippen LogP contribution in [-0.4, -0.2) is 34.8 Å². The maximum atomic E-state index is 12.5. The van der Waals surface area contributed by atoms with Gasteiger partial charge in [-0.25, -0.2) is 4.79 Å². The number of hydrogen-bond acceptors (Lipinski definition) is 3. The molecule has 6 nitrogen and oxygen atoms in total. The molecule has 23 heavy (non-hydrogen) atoms. The molecule has 2 fully saturated rings. The molecule has 1 aliphatic heterocycles. The van der Waals surface area contributed by atoms with Crippen LogP contribution >= 0.6 is 15.9 Å². The van der Waals surface area contributed by atoms with Gasteiger partial charge in [0.2, 0.25) is 5.91 Å². The van der Waals surface area contributed by atoms with Gasteiger partial charge in [-0.05, 0) is 66.2 Å². The standard InChI is InChI=1S/C16H18BrN3O3/c1-9-3-6-12(11(17)7-9)18-13(21)8-20-14(22)16(2,10-4-5-10)19-15(20)23/h3,6-7,10H,4-5,8H2,1-2H3,(H,18,21)(H,19,23). The van der Waals surface area contributed by atoms with E-state index >= 15 is 0 Å². The smallest absolute Gasteiger partial charge is 0.323 e. The number of imide groups is 1. The van der Waals surface area contributed by atoms with Crippen molar-refractivity contribution in [2.24, 2.45) is 5.92 Å². The minimum absolute atomic E-state index is 0.179. The molecule has 122 valence electrons. The summed E-state index contributed by atoms with van der Waals surface area (Å²) in [6, 6.07) is 5.03. The van der Waals surface area contributed by atoms with Crippen molar-refractivity contribution in [1.29, 1.82) is 0 Å². The Hall–Kier alpha value is -1.89. The molecule has 1 heterocycles. The minimum atomic E-state index is -0.859. The fraction of sp³-hybridized carbons (Fsp3) is 0.438. The predicted octanol–water partition coefficient (Wildman–Crippen LogP) is 2.42. The Labute approximate surface area is 142 Å². The highest BCUT2D eigenvalue weighted by molar-refractivity contribution is 9.10. The second kappa shape index (κ2) is 5.63. The number of amides is 4. The van der Waals surface area contributed by atoms with Crippen LogP contribution in [0.15, 0.2) is 22.7 Å². The van der Waals surface area contributed by atoms with Crippen LogP contribution in [0.4, 0.5) is 10.5 Å². The van der Waals surface area contributed by atoms with E-state index in [2.05, 4.69) is 26.6 Å². The Morgan fingerprint density at radius 2 is 2.13 bits per heavy atom. The third-order valence-electron chi connectivity index (χ3n) is 4.40. The fourth-order valence-corrected chi connectivity index (χ4v) is 3.44. The second-order valence-corrected chi connectivity index (χ2v) is 7.18. The molecule has 0 spiro atoms. The fourth-order valence-electron chi connectivity index (χ4n) is 2.85. The predicted molar refractivity (Wildman–Crippen MR) is 88.9 cm³/mol. The Morgan fingerprint density at radius 3 is 2.74 bits per heavy atom. The van der Waals surface area contributed by atoms with E-state index in [0.717, 1.165) is 27.8 Å². The first kappa shape index (κ1) is 16.0. The molecule has 1 aromatic rings. The maximum Gasteiger partial charge on any atom is 0.325 e. The van der Waals surface area contributed by atoms with Gasteiger partial charge in [-0.3, -0.25) is 14.5 Å². The lowest BCUT2D eigenvalue weighted by Crippen LogP contribution is -2.46. The number of urea groups is 1. The lowest BCUT2D eigenvalue weighted by Gasteiger charge is -2.20. The molecule has 1 aliphatic carbocycles. The number of carbonyl (C=O) groups excluding carboxylic acids is 3. The molecule has 3 rings (SSSR count). The molecule has 7 heteroatoms. The Balaban J connectivity index is 1.68. The monoisotopic (exact) mass is 379 g/mol. The molecule has 0 aromatic heterocycles. The van der Waals surface area contributed by atoms with Crippen molar-refractivity contribution in [2.45, 2.75) is 32.2 Å². The number of anilines is 1. The summed E-state index contributed by atoms with van der Waals surface area (Å²) in [6.07, 6.45) is 1.86. The zero-order valence-corrected chi connectivity index (χ0v) is 14.6. The van der Waals surface area contributed by atoms with Crippen molar-refractivity contribution in [3.63, 3.8) is 0 Å². The van der Waals surface area contributed by atoms with Crippen molar-refractivity contribution in [3.05, 3.63) is 28.2 Å². The number of halogens is 1. The molecule has 4 amide bonds. The Kier molecular flexibility index (Phi) is 3.91. The molecular weight excluding hydrogens is 362 g/mol. The van der Waals surface area contributed by atoms with Gasteiger partial charge in [0.25, 0.3) is 5.91 Å². The zero-order chi connectivity index (χ0) is 16.8. The van der Waals surface area contributed by atoms with E-state index in [1.54, 1.807) is 13.0 Å². The molecule has 2 aliphatic rings.